The molecular weight excluding hydrogens is 414 g/mol. The van der Waals surface area contributed by atoms with Crippen molar-refractivity contribution >= 4 is 39.1 Å². The first-order chi connectivity index (χ1) is 13.9. The van der Waals surface area contributed by atoms with E-state index in [0.717, 1.165) is 4.90 Å². The molecule has 0 saturated carbocycles. The van der Waals surface area contributed by atoms with E-state index in [1.165, 1.54) is 9.21 Å². The molecule has 0 aromatic heterocycles. The lowest BCUT2D eigenvalue weighted by atomic mass is 10.2. The molecule has 0 aliphatic carbocycles. The highest BCUT2D eigenvalue weighted by atomic mass is 35.5. The van der Waals surface area contributed by atoms with Crippen LogP contribution in [0.1, 0.15) is 6.42 Å². The van der Waals surface area contributed by atoms with Crippen molar-refractivity contribution in [2.24, 2.45) is 0 Å². The number of halogens is 1. The van der Waals surface area contributed by atoms with Crippen LogP contribution in [0, 0.1) is 0 Å². The van der Waals surface area contributed by atoms with E-state index in [2.05, 4.69) is 0 Å². The number of anilines is 1. The van der Waals surface area contributed by atoms with E-state index in [1.54, 1.807) is 54.6 Å². The van der Waals surface area contributed by atoms with Crippen molar-refractivity contribution in [3.8, 4) is 0 Å². The van der Waals surface area contributed by atoms with Crippen LogP contribution in [0.5, 0.6) is 0 Å². The zero-order chi connectivity index (χ0) is 20.6. The fraction of sp³-hybridized carbons (Fsp3) is 0.300. The Kier molecular flexibility index (Phi) is 5.44. The quantitative estimate of drug-likeness (QED) is 0.713. The van der Waals surface area contributed by atoms with Crippen molar-refractivity contribution in [2.75, 3.05) is 31.1 Å². The van der Waals surface area contributed by atoms with Crippen LogP contribution in [0.3, 0.4) is 0 Å². The second-order valence-electron chi connectivity index (χ2n) is 7.18. The minimum absolute atomic E-state index is 0.117. The van der Waals surface area contributed by atoms with Gasteiger partial charge in [-0.25, -0.2) is 13.3 Å². The Hall–Kier alpha value is -2.26. The van der Waals surface area contributed by atoms with Crippen LogP contribution in [-0.2, 0) is 19.6 Å². The average Bonchev–Trinajstić information content (AvgIpc) is 3.03. The van der Waals surface area contributed by atoms with Crippen molar-refractivity contribution in [1.29, 1.82) is 0 Å². The normalized spacial score (nSPS) is 21.7. The highest BCUT2D eigenvalue weighted by Gasteiger charge is 2.47. The monoisotopic (exact) mass is 434 g/mol. The molecule has 7 nitrogen and oxygen atoms in total. The Morgan fingerprint density at radius 3 is 2.31 bits per heavy atom. The van der Waals surface area contributed by atoms with Crippen LogP contribution in [-0.4, -0.2) is 56.8 Å². The van der Waals surface area contributed by atoms with Crippen LogP contribution >= 0.6 is 11.6 Å². The summed E-state index contributed by atoms with van der Waals surface area (Å²) in [5, 5.41) is 0.457. The molecule has 0 radical (unpaired) electrons. The van der Waals surface area contributed by atoms with Crippen molar-refractivity contribution in [3.63, 3.8) is 0 Å². The fourth-order valence-corrected chi connectivity index (χ4v) is 5.59. The third-order valence-corrected chi connectivity index (χ3v) is 7.60. The van der Waals surface area contributed by atoms with Gasteiger partial charge in [0.1, 0.15) is 0 Å². The van der Waals surface area contributed by atoms with Crippen LogP contribution in [0.15, 0.2) is 59.5 Å². The van der Waals surface area contributed by atoms with Gasteiger partial charge in [0.2, 0.25) is 15.9 Å². The van der Waals surface area contributed by atoms with Gasteiger partial charge in [-0.3, -0.25) is 9.59 Å². The largest absolute Gasteiger partial charge is 0.322 e. The van der Waals surface area contributed by atoms with E-state index < -0.39 is 16.1 Å². The van der Waals surface area contributed by atoms with Crippen molar-refractivity contribution in [1.82, 2.24) is 4.31 Å². The average molecular weight is 435 g/mol. The van der Waals surface area contributed by atoms with Gasteiger partial charge in [-0.2, -0.15) is 4.31 Å². The molecule has 152 valence electrons. The maximum Gasteiger partial charge on any atom is 0.292 e. The van der Waals surface area contributed by atoms with E-state index in [4.69, 9.17) is 11.6 Å². The smallest absolute Gasteiger partial charge is 0.292 e. The van der Waals surface area contributed by atoms with Gasteiger partial charge in [0, 0.05) is 5.02 Å². The zero-order valence-corrected chi connectivity index (χ0v) is 17.2. The summed E-state index contributed by atoms with van der Waals surface area (Å²) in [6.45, 7) is 1.56. The van der Waals surface area contributed by atoms with Gasteiger partial charge >= 0.3 is 0 Å². The lowest BCUT2D eigenvalue weighted by Crippen LogP contribution is -3.19. The Balaban J connectivity index is 1.45. The molecule has 2 saturated heterocycles. The molecule has 2 heterocycles. The number of nitrogens with zero attached hydrogens (tertiary/aromatic N) is 2. The number of benzene rings is 2. The number of hydrogen-bond acceptors (Lipinski definition) is 4. The van der Waals surface area contributed by atoms with Crippen molar-refractivity contribution in [3.05, 3.63) is 59.6 Å². The molecule has 0 bridgehead atoms. The first-order valence-corrected chi connectivity index (χ1v) is 11.2. The minimum Gasteiger partial charge on any atom is -0.322 e. The maximum absolute atomic E-state index is 12.9. The molecule has 29 heavy (non-hydrogen) atoms. The number of amides is 2. The van der Waals surface area contributed by atoms with E-state index in [9.17, 15) is 18.0 Å². The first kappa shape index (κ1) is 20.0. The van der Waals surface area contributed by atoms with Gasteiger partial charge in [-0.1, -0.05) is 35.9 Å². The van der Waals surface area contributed by atoms with Crippen molar-refractivity contribution in [2.45, 2.75) is 17.4 Å². The molecule has 2 aliphatic heterocycles. The van der Waals surface area contributed by atoms with Gasteiger partial charge in [0.25, 0.3) is 5.91 Å². The van der Waals surface area contributed by atoms with Crippen LogP contribution in [0.4, 0.5) is 5.69 Å². The lowest BCUT2D eigenvalue weighted by Gasteiger charge is -2.33. The molecule has 0 unspecified atom stereocenters. The molecule has 9 heteroatoms. The number of quaternary nitrogens is 1. The lowest BCUT2D eigenvalue weighted by molar-refractivity contribution is -0.918. The second-order valence-corrected chi connectivity index (χ2v) is 9.55. The Morgan fingerprint density at radius 2 is 1.66 bits per heavy atom. The third kappa shape index (κ3) is 3.81. The number of carbonyl (C=O) groups excluding carboxylic acids is 2. The predicted octanol–water partition coefficient (Wildman–Crippen LogP) is 0.561. The summed E-state index contributed by atoms with van der Waals surface area (Å²) in [4.78, 5) is 27.8. The van der Waals surface area contributed by atoms with Crippen molar-refractivity contribution < 1.29 is 22.9 Å². The summed E-state index contributed by atoms with van der Waals surface area (Å²) in [6.07, 6.45) is 0.117. The summed E-state index contributed by atoms with van der Waals surface area (Å²) in [5.41, 5.74) is 0.472. The summed E-state index contributed by atoms with van der Waals surface area (Å²) in [7, 11) is -3.55. The molecule has 2 aliphatic rings. The number of carbonyl (C=O) groups is 2. The van der Waals surface area contributed by atoms with Gasteiger partial charge in [0.15, 0.2) is 6.04 Å². The standard InChI is InChI=1S/C20H20ClN3O4S/c21-15-5-4-6-16(13-15)24-19(25)14-18(20(24)26)22-9-11-23(12-10-22)29(27,28)17-7-2-1-3-8-17/h1-8,13,18H,9-12,14H2/p+1/t18-/m1/s1. The van der Waals surface area contributed by atoms with Gasteiger partial charge in [-0.05, 0) is 30.3 Å². The number of sulfonamides is 1. The molecular formula is C20H21ClN3O4S+. The number of rotatable bonds is 4. The van der Waals surface area contributed by atoms with Gasteiger partial charge < -0.3 is 4.90 Å². The molecule has 2 aromatic carbocycles. The van der Waals surface area contributed by atoms with Crippen LogP contribution in [0.2, 0.25) is 5.02 Å². The van der Waals surface area contributed by atoms with Crippen LogP contribution < -0.4 is 9.80 Å². The Labute approximate surface area is 174 Å². The molecule has 2 aromatic rings. The minimum atomic E-state index is -3.55. The highest BCUT2D eigenvalue weighted by molar-refractivity contribution is 7.89. The SMILES string of the molecule is O=C1C[C@@H]([NH+]2CCN(S(=O)(=O)c3ccccc3)CC2)C(=O)N1c1cccc(Cl)c1. The fourth-order valence-electron chi connectivity index (χ4n) is 3.94. The number of nitrogens with one attached hydrogen (secondary N) is 1. The molecule has 2 fully saturated rings. The highest BCUT2D eigenvalue weighted by Crippen LogP contribution is 2.25. The number of imide groups is 1. The van der Waals surface area contributed by atoms with E-state index in [-0.39, 0.29) is 23.1 Å². The van der Waals surface area contributed by atoms with Gasteiger partial charge in [0.05, 0.1) is 43.2 Å². The Morgan fingerprint density at radius 1 is 0.966 bits per heavy atom. The molecule has 2 amide bonds. The molecule has 1 N–H and O–H groups in total. The summed E-state index contributed by atoms with van der Waals surface area (Å²) < 4.78 is 27.0. The van der Waals surface area contributed by atoms with Crippen LogP contribution in [0.25, 0.3) is 0 Å². The summed E-state index contributed by atoms with van der Waals surface area (Å²) in [5.74, 6) is -0.513. The molecule has 1 atom stereocenters. The second kappa shape index (κ2) is 7.87. The Bertz CT molecular complexity index is 1040. The maximum atomic E-state index is 12.9. The van der Waals surface area contributed by atoms with E-state index in [1.807, 2.05) is 0 Å². The van der Waals surface area contributed by atoms with E-state index >= 15 is 0 Å². The van der Waals surface area contributed by atoms with Gasteiger partial charge in [-0.15, -0.1) is 0 Å². The first-order valence-electron chi connectivity index (χ1n) is 9.40. The summed E-state index contributed by atoms with van der Waals surface area (Å²) in [6, 6.07) is 14.5. The topological polar surface area (TPSA) is 79.2 Å². The summed E-state index contributed by atoms with van der Waals surface area (Å²) >= 11 is 6.00. The predicted molar refractivity (Wildman–Crippen MR) is 108 cm³/mol. The zero-order valence-electron chi connectivity index (χ0n) is 15.6. The number of hydrogen-bond donors (Lipinski definition) is 1. The molecule has 0 spiro atoms. The molecule has 4 rings (SSSR count). The number of piperazine rings is 1. The van der Waals surface area contributed by atoms with E-state index in [0.29, 0.717) is 36.9 Å². The third-order valence-electron chi connectivity index (χ3n) is 5.45.